The molecule has 0 amide bonds. The molecule has 0 unspecified atom stereocenters. The first kappa shape index (κ1) is 9.79. The van der Waals surface area contributed by atoms with Crippen LogP contribution in [-0.2, 0) is 6.42 Å². The van der Waals surface area contributed by atoms with Crippen molar-refractivity contribution in [2.24, 2.45) is 5.73 Å². The highest BCUT2D eigenvalue weighted by Gasteiger charge is 2.07. The summed E-state index contributed by atoms with van der Waals surface area (Å²) in [5.41, 5.74) is 7.18. The lowest BCUT2D eigenvalue weighted by atomic mass is 10.2. The summed E-state index contributed by atoms with van der Waals surface area (Å²) in [5, 5.41) is 3.81. The Morgan fingerprint density at radius 2 is 2.27 bits per heavy atom. The van der Waals surface area contributed by atoms with Crippen LogP contribution in [0.25, 0.3) is 11.5 Å². The lowest BCUT2D eigenvalue weighted by Crippen LogP contribution is -2.03. The Labute approximate surface area is 87.3 Å². The molecule has 15 heavy (non-hydrogen) atoms. The van der Waals surface area contributed by atoms with Gasteiger partial charge >= 0.3 is 0 Å². The van der Waals surface area contributed by atoms with Gasteiger partial charge in [0.15, 0.2) is 5.82 Å². The van der Waals surface area contributed by atoms with E-state index in [4.69, 9.17) is 10.3 Å². The Morgan fingerprint density at radius 1 is 1.40 bits per heavy atom. The Hall–Kier alpha value is -1.75. The van der Waals surface area contributed by atoms with E-state index in [9.17, 15) is 0 Å². The molecule has 2 heterocycles. The van der Waals surface area contributed by atoms with Crippen LogP contribution in [0.4, 0.5) is 0 Å². The van der Waals surface area contributed by atoms with E-state index in [1.54, 1.807) is 6.20 Å². The fraction of sp³-hybridized carbons (Fsp3) is 0.300. The molecule has 2 aromatic rings. The molecule has 0 saturated carbocycles. The Kier molecular flexibility index (Phi) is 2.73. The predicted molar refractivity (Wildman–Crippen MR) is 55.0 cm³/mol. The normalized spacial score (nSPS) is 10.5. The van der Waals surface area contributed by atoms with E-state index in [2.05, 4.69) is 15.1 Å². The van der Waals surface area contributed by atoms with Crippen molar-refractivity contribution in [3.8, 4) is 11.5 Å². The number of aryl methyl sites for hydroxylation is 1. The first-order valence-electron chi connectivity index (χ1n) is 4.75. The second-order valence-corrected chi connectivity index (χ2v) is 3.24. The van der Waals surface area contributed by atoms with Gasteiger partial charge in [-0.1, -0.05) is 5.16 Å². The topological polar surface area (TPSA) is 77.8 Å². The average molecular weight is 204 g/mol. The standard InChI is InChI=1S/C10H12N4O/c1-7-2-3-8(6-12-7)10-13-9(4-5-11)14-15-10/h2-3,6H,4-5,11H2,1H3. The lowest BCUT2D eigenvalue weighted by molar-refractivity contribution is 0.422. The van der Waals surface area contributed by atoms with E-state index in [1.165, 1.54) is 0 Å². The Balaban J connectivity index is 2.25. The van der Waals surface area contributed by atoms with Gasteiger partial charge in [-0.3, -0.25) is 4.98 Å². The van der Waals surface area contributed by atoms with Crippen molar-refractivity contribution < 1.29 is 4.52 Å². The van der Waals surface area contributed by atoms with Gasteiger partial charge < -0.3 is 10.3 Å². The Bertz CT molecular complexity index is 435. The van der Waals surface area contributed by atoms with Crippen LogP contribution in [0.1, 0.15) is 11.5 Å². The minimum absolute atomic E-state index is 0.492. The highest BCUT2D eigenvalue weighted by Crippen LogP contribution is 2.15. The maximum absolute atomic E-state index is 5.39. The summed E-state index contributed by atoms with van der Waals surface area (Å²) >= 11 is 0. The van der Waals surface area contributed by atoms with Crippen molar-refractivity contribution in [2.45, 2.75) is 13.3 Å². The second kappa shape index (κ2) is 4.18. The summed E-state index contributed by atoms with van der Waals surface area (Å²) in [6.07, 6.45) is 2.35. The van der Waals surface area contributed by atoms with E-state index in [0.29, 0.717) is 24.7 Å². The molecule has 0 radical (unpaired) electrons. The van der Waals surface area contributed by atoms with Crippen LogP contribution in [-0.4, -0.2) is 21.7 Å². The molecule has 2 rings (SSSR count). The molecular formula is C10H12N4O. The highest BCUT2D eigenvalue weighted by molar-refractivity contribution is 5.50. The van der Waals surface area contributed by atoms with Crippen LogP contribution in [0, 0.1) is 6.92 Å². The molecule has 5 nitrogen and oxygen atoms in total. The summed E-state index contributed by atoms with van der Waals surface area (Å²) in [7, 11) is 0. The van der Waals surface area contributed by atoms with E-state index >= 15 is 0 Å². The number of rotatable bonds is 3. The van der Waals surface area contributed by atoms with Gasteiger partial charge in [-0.05, 0) is 25.6 Å². The molecule has 78 valence electrons. The monoisotopic (exact) mass is 204 g/mol. The largest absolute Gasteiger partial charge is 0.334 e. The first-order valence-corrected chi connectivity index (χ1v) is 4.75. The lowest BCUT2D eigenvalue weighted by Gasteiger charge is -1.93. The second-order valence-electron chi connectivity index (χ2n) is 3.24. The smallest absolute Gasteiger partial charge is 0.259 e. The summed E-state index contributed by atoms with van der Waals surface area (Å²) in [4.78, 5) is 8.36. The van der Waals surface area contributed by atoms with Gasteiger partial charge in [0.05, 0.1) is 5.56 Å². The van der Waals surface area contributed by atoms with Crippen molar-refractivity contribution in [1.82, 2.24) is 15.1 Å². The third kappa shape index (κ3) is 2.19. The quantitative estimate of drug-likeness (QED) is 0.805. The van der Waals surface area contributed by atoms with Gasteiger partial charge in [-0.2, -0.15) is 4.98 Å². The van der Waals surface area contributed by atoms with Gasteiger partial charge in [0, 0.05) is 18.3 Å². The molecule has 0 aliphatic carbocycles. The fourth-order valence-corrected chi connectivity index (χ4v) is 1.20. The van der Waals surface area contributed by atoms with E-state index in [0.717, 1.165) is 11.3 Å². The molecule has 0 aliphatic heterocycles. The number of nitrogens with zero attached hydrogens (tertiary/aromatic N) is 3. The zero-order valence-electron chi connectivity index (χ0n) is 8.47. The van der Waals surface area contributed by atoms with E-state index in [1.807, 2.05) is 19.1 Å². The molecule has 0 fully saturated rings. The van der Waals surface area contributed by atoms with Crippen LogP contribution >= 0.6 is 0 Å². The van der Waals surface area contributed by atoms with Crippen LogP contribution < -0.4 is 5.73 Å². The third-order valence-corrected chi connectivity index (χ3v) is 1.99. The van der Waals surface area contributed by atoms with Crippen LogP contribution in [0.3, 0.4) is 0 Å². The molecule has 5 heteroatoms. The molecule has 0 spiro atoms. The maximum Gasteiger partial charge on any atom is 0.259 e. The zero-order valence-corrected chi connectivity index (χ0v) is 8.47. The minimum atomic E-state index is 0.492. The molecule has 2 aromatic heterocycles. The molecule has 2 N–H and O–H groups in total. The average Bonchev–Trinajstić information content (AvgIpc) is 2.68. The van der Waals surface area contributed by atoms with Gasteiger partial charge in [0.1, 0.15) is 0 Å². The fourth-order valence-electron chi connectivity index (χ4n) is 1.20. The Morgan fingerprint density at radius 3 is 2.93 bits per heavy atom. The molecular weight excluding hydrogens is 192 g/mol. The van der Waals surface area contributed by atoms with Crippen molar-refractivity contribution in [3.63, 3.8) is 0 Å². The first-order chi connectivity index (χ1) is 7.29. The van der Waals surface area contributed by atoms with Crippen molar-refractivity contribution in [3.05, 3.63) is 29.8 Å². The summed E-state index contributed by atoms with van der Waals surface area (Å²) < 4.78 is 5.09. The number of hydrogen-bond donors (Lipinski definition) is 1. The molecule has 0 aliphatic rings. The van der Waals surface area contributed by atoms with E-state index < -0.39 is 0 Å². The summed E-state index contributed by atoms with van der Waals surface area (Å²) in [6, 6.07) is 3.81. The van der Waals surface area contributed by atoms with Crippen molar-refractivity contribution in [2.75, 3.05) is 6.54 Å². The number of pyridine rings is 1. The zero-order chi connectivity index (χ0) is 10.7. The van der Waals surface area contributed by atoms with Crippen LogP contribution in [0.2, 0.25) is 0 Å². The third-order valence-electron chi connectivity index (χ3n) is 1.99. The van der Waals surface area contributed by atoms with Crippen LogP contribution in [0.15, 0.2) is 22.9 Å². The SMILES string of the molecule is Cc1ccc(-c2nc(CCN)no2)cn1. The van der Waals surface area contributed by atoms with Crippen LogP contribution in [0.5, 0.6) is 0 Å². The van der Waals surface area contributed by atoms with Crippen molar-refractivity contribution in [1.29, 1.82) is 0 Å². The van der Waals surface area contributed by atoms with E-state index in [-0.39, 0.29) is 0 Å². The summed E-state index contributed by atoms with van der Waals surface area (Å²) in [6.45, 7) is 2.45. The maximum atomic E-state index is 5.39. The van der Waals surface area contributed by atoms with Gasteiger partial charge in [-0.15, -0.1) is 0 Å². The van der Waals surface area contributed by atoms with Gasteiger partial charge in [0.2, 0.25) is 0 Å². The molecule has 0 atom stereocenters. The number of nitrogens with two attached hydrogens (primary N) is 1. The van der Waals surface area contributed by atoms with Gasteiger partial charge in [-0.25, -0.2) is 0 Å². The highest BCUT2D eigenvalue weighted by atomic mass is 16.5. The minimum Gasteiger partial charge on any atom is -0.334 e. The molecule has 0 aromatic carbocycles. The number of aromatic nitrogens is 3. The predicted octanol–water partition coefficient (Wildman–Crippen LogP) is 0.941. The molecule has 0 bridgehead atoms. The molecule has 0 saturated heterocycles. The van der Waals surface area contributed by atoms with Crippen molar-refractivity contribution >= 4 is 0 Å². The number of hydrogen-bond acceptors (Lipinski definition) is 5. The van der Waals surface area contributed by atoms with Gasteiger partial charge in [0.25, 0.3) is 5.89 Å². The summed E-state index contributed by atoms with van der Waals surface area (Å²) in [5.74, 6) is 1.12.